The molecule has 0 rings (SSSR count). The third-order valence-corrected chi connectivity index (χ3v) is 0. The van der Waals surface area contributed by atoms with Gasteiger partial charge < -0.3 is 4.79 Å². The van der Waals surface area contributed by atoms with E-state index in [1.165, 1.54) is 13.8 Å². The Balaban J connectivity index is 0. The van der Waals surface area contributed by atoms with Crippen LogP contribution >= 0.6 is 19.0 Å². The Hall–Kier alpha value is 1.14. The molecule has 0 aromatic rings. The van der Waals surface area contributed by atoms with E-state index in [4.69, 9.17) is 0 Å². The topological polar surface area (TPSA) is 17.1 Å². The molecule has 0 aromatic carbocycles. The van der Waals surface area contributed by atoms with Crippen molar-refractivity contribution >= 4 is 24.8 Å². The molecule has 0 aromatic heterocycles. The first-order valence-electron chi connectivity index (χ1n) is 1.32. The minimum absolute atomic E-state index is 0.167. The van der Waals surface area contributed by atoms with Crippen LogP contribution in [0.25, 0.3) is 0 Å². The third-order valence-electron chi connectivity index (χ3n) is 0. The van der Waals surface area contributed by atoms with E-state index in [-0.39, 0.29) is 5.78 Å². The molecule has 0 aliphatic heterocycles. The first-order valence-corrected chi connectivity index (χ1v) is 5.73. The summed E-state index contributed by atoms with van der Waals surface area (Å²) in [5.74, 6) is 0.167. The number of halogens is 1. The van der Waals surface area contributed by atoms with E-state index >= 15 is 0 Å². The number of carbonyl (C=O) groups is 1. The number of hydrogen-bond donors (Lipinski definition) is 0. The van der Waals surface area contributed by atoms with Crippen LogP contribution < -0.4 is 0 Å². The van der Waals surface area contributed by atoms with Crippen molar-refractivity contribution in [3.63, 3.8) is 0 Å². The standard InChI is InChI=1S/C3H6O.Ag.HI/c1-3(2)4;;/h1-2H3;;1H/q;+1;/p-1. The first kappa shape index (κ1) is 10.2. The Morgan fingerprint density at radius 3 is 1.50 bits per heavy atom. The predicted octanol–water partition coefficient (Wildman–Crippen LogP) is 1.48. The Kier molecular flexibility index (Phi) is 16.1. The fourth-order valence-electron chi connectivity index (χ4n) is 0. The third kappa shape index (κ3) is 67.8. The Morgan fingerprint density at radius 1 is 1.50 bits per heavy atom. The quantitative estimate of drug-likeness (QED) is 0.488. The van der Waals surface area contributed by atoms with E-state index in [1.54, 1.807) is 0 Å². The van der Waals surface area contributed by atoms with E-state index in [2.05, 4.69) is 17.3 Å². The molecular formula is C3H6AgIO. The van der Waals surface area contributed by atoms with Crippen LogP contribution in [-0.4, -0.2) is 5.78 Å². The van der Waals surface area contributed by atoms with Gasteiger partial charge in [-0.25, -0.2) is 0 Å². The molecular weight excluding hydrogens is 287 g/mol. The van der Waals surface area contributed by atoms with Crippen LogP contribution in [0.4, 0.5) is 0 Å². The van der Waals surface area contributed by atoms with Gasteiger partial charge in [-0.15, -0.1) is 0 Å². The number of hydrogen-bond acceptors (Lipinski definition) is 1. The second-order valence-corrected chi connectivity index (χ2v) is 0.908. The van der Waals surface area contributed by atoms with Crippen molar-refractivity contribution < 1.29 is 22.0 Å². The van der Waals surface area contributed by atoms with Crippen molar-refractivity contribution in [1.29, 1.82) is 0 Å². The van der Waals surface area contributed by atoms with Crippen molar-refractivity contribution in [3.8, 4) is 0 Å². The maximum atomic E-state index is 9.44. The van der Waals surface area contributed by atoms with Crippen LogP contribution in [0.2, 0.25) is 0 Å². The van der Waals surface area contributed by atoms with Crippen molar-refractivity contribution in [2.75, 3.05) is 0 Å². The van der Waals surface area contributed by atoms with Gasteiger partial charge in [0.15, 0.2) is 0 Å². The summed E-state index contributed by atoms with van der Waals surface area (Å²) >= 11 is 4.88. The first-order chi connectivity index (χ1) is 2.73. The number of carbonyl (C=O) groups excluding carboxylic acids is 1. The molecule has 3 heteroatoms. The molecule has 42 valence electrons. The van der Waals surface area contributed by atoms with Gasteiger partial charge in [0.25, 0.3) is 0 Å². The summed E-state index contributed by atoms with van der Waals surface area (Å²) in [6, 6.07) is 0. The summed E-state index contributed by atoms with van der Waals surface area (Å²) < 4.78 is 0. The number of ketones is 1. The molecule has 1 nitrogen and oxygen atoms in total. The molecule has 0 spiro atoms. The molecule has 0 saturated heterocycles. The number of Topliss-reactive ketones (excluding diaryl/α,β-unsaturated/α-hetero) is 1. The van der Waals surface area contributed by atoms with Crippen LogP contribution in [0.15, 0.2) is 0 Å². The monoisotopic (exact) mass is 292 g/mol. The van der Waals surface area contributed by atoms with Gasteiger partial charge in [-0.3, -0.25) is 0 Å². The van der Waals surface area contributed by atoms with E-state index in [0.29, 0.717) is 0 Å². The van der Waals surface area contributed by atoms with Crippen molar-refractivity contribution in [2.24, 2.45) is 0 Å². The van der Waals surface area contributed by atoms with Gasteiger partial charge in [-0.05, 0) is 13.8 Å². The van der Waals surface area contributed by atoms with Gasteiger partial charge in [-0.2, -0.15) is 0 Å². The van der Waals surface area contributed by atoms with Crippen LogP contribution in [0.3, 0.4) is 0 Å². The van der Waals surface area contributed by atoms with Gasteiger partial charge in [0.1, 0.15) is 5.78 Å². The molecule has 0 unspecified atom stereocenters. The Bertz CT molecular complexity index is 33.8. The molecule has 0 amide bonds. The molecule has 0 saturated carbocycles. The van der Waals surface area contributed by atoms with Crippen molar-refractivity contribution in [3.05, 3.63) is 0 Å². The Labute approximate surface area is 60.3 Å². The molecule has 0 radical (unpaired) electrons. The SMILES string of the molecule is CC(C)=O.[Ag][I]. The summed E-state index contributed by atoms with van der Waals surface area (Å²) in [4.78, 5) is 9.44. The zero-order valence-electron chi connectivity index (χ0n) is 3.59. The predicted molar refractivity (Wildman–Crippen MR) is 30.4 cm³/mol. The average Bonchev–Trinajstić information content (AvgIpc) is 1.41. The zero-order valence-corrected chi connectivity index (χ0v) is 7.23. The summed E-state index contributed by atoms with van der Waals surface area (Å²) in [5.41, 5.74) is 0. The molecule has 0 fully saturated rings. The maximum absolute atomic E-state index is 9.44. The van der Waals surface area contributed by atoms with E-state index in [9.17, 15) is 4.79 Å². The summed E-state index contributed by atoms with van der Waals surface area (Å²) in [6.07, 6.45) is 0. The van der Waals surface area contributed by atoms with Crippen LogP contribution in [-0.2, 0) is 22.0 Å². The summed E-state index contributed by atoms with van der Waals surface area (Å²) in [6.45, 7) is 3.06. The molecule has 0 heterocycles. The molecule has 0 aliphatic rings. The van der Waals surface area contributed by atoms with Gasteiger partial charge in [-0.1, -0.05) is 0 Å². The van der Waals surface area contributed by atoms with Gasteiger partial charge in [0.2, 0.25) is 0 Å². The second kappa shape index (κ2) is 9.46. The Morgan fingerprint density at radius 2 is 1.50 bits per heavy atom. The van der Waals surface area contributed by atoms with Crippen LogP contribution in [0.5, 0.6) is 0 Å². The van der Waals surface area contributed by atoms with Crippen molar-refractivity contribution in [1.82, 2.24) is 0 Å². The molecule has 6 heavy (non-hydrogen) atoms. The van der Waals surface area contributed by atoms with Gasteiger partial charge in [0, 0.05) is 0 Å². The minimum atomic E-state index is 0.167. The molecule has 0 bridgehead atoms. The average molecular weight is 293 g/mol. The van der Waals surface area contributed by atoms with Gasteiger partial charge in [0.05, 0.1) is 0 Å². The van der Waals surface area contributed by atoms with Crippen molar-refractivity contribution in [2.45, 2.75) is 13.8 Å². The fraction of sp³-hybridized carbons (Fsp3) is 0.667. The molecule has 0 aliphatic carbocycles. The van der Waals surface area contributed by atoms with E-state index < -0.39 is 0 Å². The summed E-state index contributed by atoms with van der Waals surface area (Å²) in [5, 5.41) is 0. The van der Waals surface area contributed by atoms with Crippen LogP contribution in [0, 0.1) is 0 Å². The molecule has 0 atom stereocenters. The van der Waals surface area contributed by atoms with E-state index in [0.717, 1.165) is 0 Å². The van der Waals surface area contributed by atoms with Gasteiger partial charge >= 0.3 is 36.3 Å². The summed E-state index contributed by atoms with van der Waals surface area (Å²) in [7, 11) is 0. The molecule has 0 N–H and O–H groups in total. The number of rotatable bonds is 0. The fourth-order valence-corrected chi connectivity index (χ4v) is 0. The second-order valence-electron chi connectivity index (χ2n) is 0.908. The van der Waals surface area contributed by atoms with E-state index in [1.807, 2.05) is 19.0 Å². The normalized spacial score (nSPS) is 5.50. The zero-order chi connectivity index (χ0) is 5.58. The van der Waals surface area contributed by atoms with Crippen LogP contribution in [0.1, 0.15) is 13.8 Å².